The maximum atomic E-state index is 11.8. The Hall–Kier alpha value is -0.890. The zero-order valence-corrected chi connectivity index (χ0v) is 9.89. The standard InChI is InChI=1S/C8H9BrF3N3O/c1-4-6(9)7(13)15-5(14-4)2-16-3-8(10,11)12/h2-3H2,1H3,(H2,13,14,15). The molecule has 0 saturated heterocycles. The number of anilines is 1. The molecule has 0 fully saturated rings. The van der Waals surface area contributed by atoms with Crippen LogP contribution in [0.5, 0.6) is 0 Å². The molecule has 0 saturated carbocycles. The second-order valence-electron chi connectivity index (χ2n) is 3.03. The number of nitrogens with zero attached hydrogens (tertiary/aromatic N) is 2. The molecule has 0 spiro atoms. The van der Waals surface area contributed by atoms with E-state index < -0.39 is 12.8 Å². The maximum absolute atomic E-state index is 11.8. The Morgan fingerprint density at radius 1 is 1.38 bits per heavy atom. The van der Waals surface area contributed by atoms with Gasteiger partial charge in [-0.25, -0.2) is 9.97 Å². The summed E-state index contributed by atoms with van der Waals surface area (Å²) >= 11 is 3.14. The van der Waals surface area contributed by atoms with Gasteiger partial charge in [-0.2, -0.15) is 13.2 Å². The number of nitrogens with two attached hydrogens (primary N) is 1. The third-order valence-corrected chi connectivity index (χ3v) is 2.57. The second kappa shape index (κ2) is 4.96. The van der Waals surface area contributed by atoms with Crippen molar-refractivity contribution in [2.45, 2.75) is 19.7 Å². The predicted octanol–water partition coefficient (Wildman–Crippen LogP) is 2.21. The summed E-state index contributed by atoms with van der Waals surface area (Å²) in [7, 11) is 0. The Morgan fingerprint density at radius 3 is 2.50 bits per heavy atom. The van der Waals surface area contributed by atoms with Crippen molar-refractivity contribution in [3.05, 3.63) is 16.0 Å². The van der Waals surface area contributed by atoms with Gasteiger partial charge < -0.3 is 10.5 Å². The highest BCUT2D eigenvalue weighted by Crippen LogP contribution is 2.20. The van der Waals surface area contributed by atoms with E-state index in [1.807, 2.05) is 0 Å². The first-order valence-electron chi connectivity index (χ1n) is 4.22. The molecule has 1 heterocycles. The van der Waals surface area contributed by atoms with Gasteiger partial charge in [0.2, 0.25) is 0 Å². The number of hydrogen-bond acceptors (Lipinski definition) is 4. The van der Waals surface area contributed by atoms with E-state index in [4.69, 9.17) is 5.73 Å². The smallest absolute Gasteiger partial charge is 0.383 e. The van der Waals surface area contributed by atoms with Crippen molar-refractivity contribution < 1.29 is 17.9 Å². The van der Waals surface area contributed by atoms with Crippen LogP contribution in [0, 0.1) is 6.92 Å². The van der Waals surface area contributed by atoms with E-state index >= 15 is 0 Å². The van der Waals surface area contributed by atoms with E-state index in [9.17, 15) is 13.2 Å². The molecular weight excluding hydrogens is 291 g/mol. The summed E-state index contributed by atoms with van der Waals surface area (Å²) in [6.07, 6.45) is -4.35. The molecule has 0 aliphatic rings. The number of aryl methyl sites for hydroxylation is 1. The highest BCUT2D eigenvalue weighted by molar-refractivity contribution is 9.10. The lowest BCUT2D eigenvalue weighted by molar-refractivity contribution is -0.177. The Bertz CT molecular complexity index is 360. The highest BCUT2D eigenvalue weighted by atomic mass is 79.9. The average molecular weight is 300 g/mol. The Morgan fingerprint density at radius 2 is 2.00 bits per heavy atom. The second-order valence-corrected chi connectivity index (χ2v) is 3.83. The molecule has 1 aromatic rings. The van der Waals surface area contributed by atoms with Crippen LogP contribution >= 0.6 is 15.9 Å². The number of hydrogen-bond donors (Lipinski definition) is 1. The van der Waals surface area contributed by atoms with Gasteiger partial charge in [-0.3, -0.25) is 0 Å². The van der Waals surface area contributed by atoms with Gasteiger partial charge in [-0.1, -0.05) is 0 Å². The molecule has 0 aliphatic carbocycles. The summed E-state index contributed by atoms with van der Waals surface area (Å²) < 4.78 is 40.3. The largest absolute Gasteiger partial charge is 0.411 e. The summed E-state index contributed by atoms with van der Waals surface area (Å²) in [4.78, 5) is 7.70. The van der Waals surface area contributed by atoms with Crippen LogP contribution in [0.25, 0.3) is 0 Å². The van der Waals surface area contributed by atoms with Crippen LogP contribution in [0.3, 0.4) is 0 Å². The van der Waals surface area contributed by atoms with Gasteiger partial charge in [-0.05, 0) is 22.9 Å². The predicted molar refractivity (Wildman–Crippen MR) is 54.6 cm³/mol. The van der Waals surface area contributed by atoms with E-state index in [1.54, 1.807) is 6.92 Å². The van der Waals surface area contributed by atoms with Crippen molar-refractivity contribution in [2.75, 3.05) is 12.3 Å². The van der Waals surface area contributed by atoms with Crippen molar-refractivity contribution >= 4 is 21.7 Å². The quantitative estimate of drug-likeness (QED) is 0.929. The molecule has 0 aromatic carbocycles. The molecule has 0 amide bonds. The monoisotopic (exact) mass is 299 g/mol. The first-order valence-corrected chi connectivity index (χ1v) is 5.02. The minimum atomic E-state index is -4.35. The van der Waals surface area contributed by atoms with Gasteiger partial charge in [0.1, 0.15) is 19.0 Å². The number of rotatable bonds is 3. The molecule has 8 heteroatoms. The molecule has 0 radical (unpaired) electrons. The SMILES string of the molecule is Cc1nc(COCC(F)(F)F)nc(N)c1Br. The average Bonchev–Trinajstić information content (AvgIpc) is 2.12. The zero-order chi connectivity index (χ0) is 12.3. The van der Waals surface area contributed by atoms with Crippen LogP contribution in [0.1, 0.15) is 11.5 Å². The summed E-state index contributed by atoms with van der Waals surface area (Å²) in [5.74, 6) is 0.306. The van der Waals surface area contributed by atoms with Crippen LogP contribution in [-0.2, 0) is 11.3 Å². The van der Waals surface area contributed by atoms with Gasteiger partial charge in [0.25, 0.3) is 0 Å². The molecule has 1 aromatic heterocycles. The van der Waals surface area contributed by atoms with Crippen LogP contribution in [0.15, 0.2) is 4.47 Å². The lowest BCUT2D eigenvalue weighted by Gasteiger charge is -2.08. The molecule has 0 atom stereocenters. The van der Waals surface area contributed by atoms with Gasteiger partial charge in [-0.15, -0.1) is 0 Å². The Balaban J connectivity index is 2.62. The number of halogens is 4. The topological polar surface area (TPSA) is 61.0 Å². The number of alkyl halides is 3. The van der Waals surface area contributed by atoms with Crippen molar-refractivity contribution in [1.29, 1.82) is 0 Å². The fourth-order valence-corrected chi connectivity index (χ4v) is 1.14. The third-order valence-electron chi connectivity index (χ3n) is 1.59. The zero-order valence-electron chi connectivity index (χ0n) is 8.31. The minimum absolute atomic E-state index is 0.127. The molecule has 0 unspecified atom stereocenters. The van der Waals surface area contributed by atoms with Crippen molar-refractivity contribution in [1.82, 2.24) is 9.97 Å². The van der Waals surface area contributed by atoms with Crippen LogP contribution in [-0.4, -0.2) is 22.8 Å². The summed E-state index contributed by atoms with van der Waals surface area (Å²) in [5.41, 5.74) is 6.06. The van der Waals surface area contributed by atoms with E-state index in [1.165, 1.54) is 0 Å². The summed E-state index contributed by atoms with van der Waals surface area (Å²) in [6.45, 7) is 0.0125. The summed E-state index contributed by atoms with van der Waals surface area (Å²) in [6, 6.07) is 0. The first kappa shape index (κ1) is 13.2. The Labute approximate surface area is 98.1 Å². The molecule has 90 valence electrons. The lowest BCUT2D eigenvalue weighted by atomic mass is 10.4. The number of ether oxygens (including phenoxy) is 1. The van der Waals surface area contributed by atoms with Crippen molar-refractivity contribution in [3.63, 3.8) is 0 Å². The Kier molecular flexibility index (Phi) is 4.09. The van der Waals surface area contributed by atoms with E-state index in [2.05, 4.69) is 30.6 Å². The van der Waals surface area contributed by atoms with Gasteiger partial charge >= 0.3 is 6.18 Å². The number of aromatic nitrogens is 2. The highest BCUT2D eigenvalue weighted by Gasteiger charge is 2.27. The molecule has 16 heavy (non-hydrogen) atoms. The third kappa shape index (κ3) is 3.93. The minimum Gasteiger partial charge on any atom is -0.383 e. The lowest BCUT2D eigenvalue weighted by Crippen LogP contribution is -2.17. The van der Waals surface area contributed by atoms with Gasteiger partial charge in [0, 0.05) is 0 Å². The van der Waals surface area contributed by atoms with Crippen LogP contribution in [0.4, 0.5) is 19.0 Å². The van der Waals surface area contributed by atoms with Crippen LogP contribution in [0.2, 0.25) is 0 Å². The van der Waals surface area contributed by atoms with E-state index in [-0.39, 0.29) is 18.2 Å². The normalized spacial score (nSPS) is 11.8. The van der Waals surface area contributed by atoms with Gasteiger partial charge in [0.05, 0.1) is 10.2 Å². The van der Waals surface area contributed by atoms with Crippen molar-refractivity contribution in [3.8, 4) is 0 Å². The van der Waals surface area contributed by atoms with Crippen molar-refractivity contribution in [2.24, 2.45) is 0 Å². The molecule has 4 nitrogen and oxygen atoms in total. The van der Waals surface area contributed by atoms with E-state index in [0.29, 0.717) is 10.2 Å². The fourth-order valence-electron chi connectivity index (χ4n) is 0.964. The molecular formula is C8H9BrF3N3O. The molecule has 0 aliphatic heterocycles. The van der Waals surface area contributed by atoms with E-state index in [0.717, 1.165) is 0 Å². The van der Waals surface area contributed by atoms with Crippen LogP contribution < -0.4 is 5.73 Å². The first-order chi connectivity index (χ1) is 7.29. The molecule has 0 bridgehead atoms. The fraction of sp³-hybridized carbons (Fsp3) is 0.500. The number of nitrogen functional groups attached to an aromatic ring is 1. The summed E-state index contributed by atoms with van der Waals surface area (Å²) in [5, 5.41) is 0. The molecule has 1 rings (SSSR count). The maximum Gasteiger partial charge on any atom is 0.411 e. The van der Waals surface area contributed by atoms with Gasteiger partial charge in [0.15, 0.2) is 5.82 Å². The molecule has 2 N–H and O–H groups in total.